The van der Waals surface area contributed by atoms with Gasteiger partial charge in [-0.25, -0.2) is 0 Å². The van der Waals surface area contributed by atoms with Crippen molar-refractivity contribution < 1.29 is 19.0 Å². The Morgan fingerprint density at radius 3 is 2.24 bits per heavy atom. The lowest BCUT2D eigenvalue weighted by molar-refractivity contribution is 0.396. The molecule has 4 aromatic rings. The number of hydrogen-bond donors (Lipinski definition) is 2. The van der Waals surface area contributed by atoms with Crippen LogP contribution in [0.4, 0.5) is 0 Å². The number of rotatable bonds is 8. The van der Waals surface area contributed by atoms with E-state index < -0.39 is 5.56 Å². The van der Waals surface area contributed by atoms with Gasteiger partial charge in [0.1, 0.15) is 22.8 Å². The Hall–Kier alpha value is -3.78. The third-order valence-electron chi connectivity index (χ3n) is 5.46. The molecule has 0 bridgehead atoms. The fourth-order valence-corrected chi connectivity index (χ4v) is 3.90. The minimum atomic E-state index is -0.535. The highest BCUT2D eigenvalue weighted by molar-refractivity contribution is 6.30. The number of aromatic hydroxyl groups is 1. The van der Waals surface area contributed by atoms with Gasteiger partial charge in [0.25, 0.3) is 11.4 Å². The summed E-state index contributed by atoms with van der Waals surface area (Å²) in [6.45, 7) is 2.05. The molecule has 0 saturated heterocycles. The SMILES string of the molecule is CCCCc1[nH]c(=O)c(-c2nnc(-c3ccc(Cl)cc3)o2)c(O)c1-c1c(OC)cccc1OC. The monoisotopic (exact) mass is 481 g/mol. The van der Waals surface area contributed by atoms with Gasteiger partial charge in [-0.2, -0.15) is 0 Å². The number of methoxy groups -OCH3 is 2. The van der Waals surface area contributed by atoms with Crippen molar-refractivity contribution in [1.29, 1.82) is 0 Å². The van der Waals surface area contributed by atoms with Crippen LogP contribution < -0.4 is 15.0 Å². The summed E-state index contributed by atoms with van der Waals surface area (Å²) in [6, 6.07) is 12.1. The van der Waals surface area contributed by atoms with Crippen LogP contribution in [-0.4, -0.2) is 34.5 Å². The summed E-state index contributed by atoms with van der Waals surface area (Å²) in [6.07, 6.45) is 2.25. The van der Waals surface area contributed by atoms with Gasteiger partial charge in [0.05, 0.1) is 25.3 Å². The van der Waals surface area contributed by atoms with Crippen molar-refractivity contribution in [1.82, 2.24) is 15.2 Å². The number of hydrogen-bond acceptors (Lipinski definition) is 7. The van der Waals surface area contributed by atoms with E-state index in [-0.39, 0.29) is 23.1 Å². The van der Waals surface area contributed by atoms with Gasteiger partial charge in [0.2, 0.25) is 5.89 Å². The molecule has 176 valence electrons. The van der Waals surface area contributed by atoms with Crippen LogP contribution >= 0.6 is 11.6 Å². The van der Waals surface area contributed by atoms with Crippen molar-refractivity contribution in [2.75, 3.05) is 14.2 Å². The van der Waals surface area contributed by atoms with Crippen LogP contribution in [0, 0.1) is 0 Å². The lowest BCUT2D eigenvalue weighted by Gasteiger charge is -2.18. The molecular weight excluding hydrogens is 458 g/mol. The number of ether oxygens (including phenoxy) is 2. The number of nitrogens with one attached hydrogen (secondary N) is 1. The molecule has 0 spiro atoms. The van der Waals surface area contributed by atoms with Crippen LogP contribution in [0.3, 0.4) is 0 Å². The Bertz CT molecular complexity index is 1340. The number of unbranched alkanes of at least 4 members (excludes halogenated alkanes) is 1. The number of aryl methyl sites for hydroxylation is 1. The molecule has 4 rings (SSSR count). The van der Waals surface area contributed by atoms with E-state index in [1.807, 2.05) is 6.92 Å². The van der Waals surface area contributed by atoms with Gasteiger partial charge >= 0.3 is 0 Å². The van der Waals surface area contributed by atoms with Crippen molar-refractivity contribution in [3.8, 4) is 51.3 Å². The maximum Gasteiger partial charge on any atom is 0.264 e. The molecule has 2 N–H and O–H groups in total. The third-order valence-corrected chi connectivity index (χ3v) is 5.71. The van der Waals surface area contributed by atoms with Gasteiger partial charge in [-0.15, -0.1) is 10.2 Å². The number of pyridine rings is 1. The third kappa shape index (κ3) is 4.36. The highest BCUT2D eigenvalue weighted by atomic mass is 35.5. The lowest BCUT2D eigenvalue weighted by Crippen LogP contribution is -2.14. The van der Waals surface area contributed by atoms with Crippen LogP contribution in [0.15, 0.2) is 51.7 Å². The molecule has 2 aromatic heterocycles. The van der Waals surface area contributed by atoms with E-state index in [0.717, 1.165) is 12.8 Å². The second-order valence-corrected chi connectivity index (χ2v) is 8.03. The van der Waals surface area contributed by atoms with Gasteiger partial charge in [-0.05, 0) is 49.2 Å². The quantitative estimate of drug-likeness (QED) is 0.343. The van der Waals surface area contributed by atoms with Crippen molar-refractivity contribution in [3.63, 3.8) is 0 Å². The van der Waals surface area contributed by atoms with Crippen molar-refractivity contribution in [2.24, 2.45) is 0 Å². The summed E-state index contributed by atoms with van der Waals surface area (Å²) in [5.41, 5.74) is 1.44. The van der Waals surface area contributed by atoms with Crippen LogP contribution in [0.1, 0.15) is 25.5 Å². The fraction of sp³-hybridized carbons (Fsp3) is 0.240. The second kappa shape index (κ2) is 10.0. The van der Waals surface area contributed by atoms with E-state index in [1.165, 1.54) is 14.2 Å². The number of nitrogens with zero attached hydrogens (tertiary/aromatic N) is 2. The number of H-pyrrole nitrogens is 1. The number of halogens is 1. The zero-order valence-corrected chi connectivity index (χ0v) is 19.8. The van der Waals surface area contributed by atoms with Crippen LogP contribution in [-0.2, 0) is 6.42 Å². The van der Waals surface area contributed by atoms with E-state index in [2.05, 4.69) is 15.2 Å². The van der Waals surface area contributed by atoms with E-state index >= 15 is 0 Å². The van der Waals surface area contributed by atoms with E-state index in [9.17, 15) is 9.90 Å². The first-order chi connectivity index (χ1) is 16.5. The normalized spacial score (nSPS) is 10.9. The molecule has 0 amide bonds. The largest absolute Gasteiger partial charge is 0.506 e. The van der Waals surface area contributed by atoms with Gasteiger partial charge < -0.3 is 24.0 Å². The maximum atomic E-state index is 13.1. The topological polar surface area (TPSA) is 110 Å². The summed E-state index contributed by atoms with van der Waals surface area (Å²) in [4.78, 5) is 16.0. The lowest BCUT2D eigenvalue weighted by atomic mass is 9.96. The summed E-state index contributed by atoms with van der Waals surface area (Å²) >= 11 is 5.95. The number of aromatic amines is 1. The van der Waals surface area contributed by atoms with E-state index in [4.69, 9.17) is 25.5 Å². The zero-order chi connectivity index (χ0) is 24.2. The molecule has 0 aliphatic carbocycles. The van der Waals surface area contributed by atoms with Crippen molar-refractivity contribution >= 4 is 11.6 Å². The summed E-state index contributed by atoms with van der Waals surface area (Å²) in [7, 11) is 3.06. The molecule has 0 aliphatic heterocycles. The molecule has 8 nitrogen and oxygen atoms in total. The Kier molecular flexibility index (Phi) is 6.88. The smallest absolute Gasteiger partial charge is 0.264 e. The Morgan fingerprint density at radius 1 is 0.971 bits per heavy atom. The van der Waals surface area contributed by atoms with Gasteiger partial charge in [0, 0.05) is 16.3 Å². The minimum Gasteiger partial charge on any atom is -0.506 e. The van der Waals surface area contributed by atoms with E-state index in [1.54, 1.807) is 42.5 Å². The molecule has 0 aliphatic rings. The fourth-order valence-electron chi connectivity index (χ4n) is 3.78. The Morgan fingerprint density at radius 2 is 1.62 bits per heavy atom. The van der Waals surface area contributed by atoms with Crippen LogP contribution in [0.5, 0.6) is 17.2 Å². The molecule has 34 heavy (non-hydrogen) atoms. The first kappa shape index (κ1) is 23.4. The molecular formula is C25H24ClN3O5. The molecule has 0 saturated carbocycles. The van der Waals surface area contributed by atoms with Crippen LogP contribution in [0.2, 0.25) is 5.02 Å². The zero-order valence-electron chi connectivity index (χ0n) is 19.0. The Labute approximate surface area is 201 Å². The van der Waals surface area contributed by atoms with Crippen LogP contribution in [0.25, 0.3) is 34.0 Å². The average molecular weight is 482 g/mol. The van der Waals surface area contributed by atoms with E-state index in [0.29, 0.717) is 45.3 Å². The molecule has 2 heterocycles. The number of benzene rings is 2. The highest BCUT2D eigenvalue weighted by Crippen LogP contribution is 2.46. The Balaban J connectivity index is 1.94. The van der Waals surface area contributed by atoms with Crippen molar-refractivity contribution in [3.05, 3.63) is 63.5 Å². The van der Waals surface area contributed by atoms with Gasteiger partial charge in [0.15, 0.2) is 0 Å². The molecule has 0 radical (unpaired) electrons. The van der Waals surface area contributed by atoms with Gasteiger partial charge in [-0.1, -0.05) is 31.0 Å². The molecule has 9 heteroatoms. The molecule has 0 unspecified atom stereocenters. The highest BCUT2D eigenvalue weighted by Gasteiger charge is 2.27. The molecule has 2 aromatic carbocycles. The summed E-state index contributed by atoms with van der Waals surface area (Å²) in [5.74, 6) is 0.761. The predicted octanol–water partition coefficient (Wildman–Crippen LogP) is 5.48. The second-order valence-electron chi connectivity index (χ2n) is 7.59. The van der Waals surface area contributed by atoms with Gasteiger partial charge in [-0.3, -0.25) is 4.79 Å². The molecule has 0 atom stereocenters. The molecule has 0 fully saturated rings. The number of aromatic nitrogens is 3. The average Bonchev–Trinajstić information content (AvgIpc) is 3.32. The summed E-state index contributed by atoms with van der Waals surface area (Å²) in [5, 5.41) is 20.1. The predicted molar refractivity (Wildman–Crippen MR) is 130 cm³/mol. The first-order valence-electron chi connectivity index (χ1n) is 10.8. The minimum absolute atomic E-state index is 0.110. The summed E-state index contributed by atoms with van der Waals surface area (Å²) < 4.78 is 16.9. The standard InChI is InChI=1S/C25H24ClN3O5/c1-4-5-7-16-19(20-17(32-2)8-6-9-18(20)33-3)22(30)21(23(31)27-16)25-29-28-24(34-25)14-10-12-15(26)13-11-14/h6,8-13H,4-5,7H2,1-3H3,(H2,27,30,31). The first-order valence-corrected chi connectivity index (χ1v) is 11.2. The van der Waals surface area contributed by atoms with Crippen molar-refractivity contribution in [2.45, 2.75) is 26.2 Å². The maximum absolute atomic E-state index is 13.1.